The highest BCUT2D eigenvalue weighted by Crippen LogP contribution is 2.35. The van der Waals surface area contributed by atoms with Crippen LogP contribution in [0.2, 0.25) is 5.02 Å². The van der Waals surface area contributed by atoms with Crippen molar-refractivity contribution in [2.75, 3.05) is 0 Å². The number of carbonyl (C=O) groups is 1. The zero-order valence-electron chi connectivity index (χ0n) is 9.05. The molecule has 0 N–H and O–H groups in total. The van der Waals surface area contributed by atoms with Gasteiger partial charge in [0, 0.05) is 5.02 Å². The predicted molar refractivity (Wildman–Crippen MR) is 81.0 cm³/mol. The van der Waals surface area contributed by atoms with Crippen LogP contribution < -0.4 is 0 Å². The number of carbonyl (C=O) groups excluding carboxylic acids is 1. The number of Topliss-reactive ketones (excluding diaryl/α,β-unsaturated/α-hetero) is 1. The average Bonchev–Trinajstić information content (AvgIpc) is 2.41. The number of allylic oxidation sites excluding steroid dienone is 4. The van der Waals surface area contributed by atoms with Crippen LogP contribution in [0.3, 0.4) is 0 Å². The van der Waals surface area contributed by atoms with Crippen molar-refractivity contribution >= 4 is 75.2 Å². The Bertz CT molecular complexity index is 613. The SMILES string of the molecule is O=C1C(Cl)=C(Cl)C(=Nc2ccc(Cl)cc2)C(Cl)=C1Cl. The van der Waals surface area contributed by atoms with Gasteiger partial charge in [0.25, 0.3) is 0 Å². The van der Waals surface area contributed by atoms with E-state index in [-0.39, 0.29) is 25.8 Å². The molecule has 0 spiro atoms. The summed E-state index contributed by atoms with van der Waals surface area (Å²) < 4.78 is 0. The second kappa shape index (κ2) is 5.86. The first-order chi connectivity index (χ1) is 8.91. The third kappa shape index (κ3) is 2.99. The molecule has 0 aliphatic heterocycles. The van der Waals surface area contributed by atoms with Crippen molar-refractivity contribution in [3.63, 3.8) is 0 Å². The number of ketones is 1. The molecule has 0 bridgehead atoms. The summed E-state index contributed by atoms with van der Waals surface area (Å²) >= 11 is 29.3. The first-order valence-corrected chi connectivity index (χ1v) is 6.81. The minimum Gasteiger partial charge on any atom is -0.286 e. The molecule has 0 atom stereocenters. The average molecular weight is 355 g/mol. The van der Waals surface area contributed by atoms with Gasteiger partial charge in [-0.3, -0.25) is 4.79 Å². The van der Waals surface area contributed by atoms with E-state index in [2.05, 4.69) is 4.99 Å². The molecule has 98 valence electrons. The predicted octanol–water partition coefficient (Wildman–Crippen LogP) is 5.37. The van der Waals surface area contributed by atoms with Gasteiger partial charge in [0.15, 0.2) is 0 Å². The number of rotatable bonds is 1. The van der Waals surface area contributed by atoms with Crippen molar-refractivity contribution in [2.24, 2.45) is 4.99 Å². The molecule has 0 heterocycles. The molecule has 0 unspecified atom stereocenters. The molecular weight excluding hydrogens is 351 g/mol. The van der Waals surface area contributed by atoms with E-state index < -0.39 is 5.78 Å². The monoisotopic (exact) mass is 353 g/mol. The Morgan fingerprint density at radius 3 is 1.68 bits per heavy atom. The highest BCUT2D eigenvalue weighted by atomic mass is 35.5. The minimum absolute atomic E-state index is 0.0315. The molecule has 7 heteroatoms. The number of hydrogen-bond donors (Lipinski definition) is 0. The highest BCUT2D eigenvalue weighted by Gasteiger charge is 2.29. The van der Waals surface area contributed by atoms with Crippen molar-refractivity contribution in [1.82, 2.24) is 0 Å². The quantitative estimate of drug-likeness (QED) is 0.623. The lowest BCUT2D eigenvalue weighted by atomic mass is 10.1. The van der Waals surface area contributed by atoms with E-state index in [1.54, 1.807) is 24.3 Å². The molecule has 1 aromatic rings. The molecule has 0 saturated carbocycles. The van der Waals surface area contributed by atoms with Crippen molar-refractivity contribution in [3.05, 3.63) is 49.4 Å². The lowest BCUT2D eigenvalue weighted by molar-refractivity contribution is -0.111. The maximum Gasteiger partial charge on any atom is 0.218 e. The smallest absolute Gasteiger partial charge is 0.218 e. The van der Waals surface area contributed by atoms with Gasteiger partial charge in [-0.25, -0.2) is 4.99 Å². The Morgan fingerprint density at radius 2 is 1.21 bits per heavy atom. The van der Waals surface area contributed by atoms with Gasteiger partial charge in [-0.2, -0.15) is 0 Å². The van der Waals surface area contributed by atoms with Crippen LogP contribution in [0.15, 0.2) is 49.4 Å². The molecule has 2 rings (SSSR count). The van der Waals surface area contributed by atoms with E-state index in [1.807, 2.05) is 0 Å². The summed E-state index contributed by atoms with van der Waals surface area (Å²) in [6.45, 7) is 0. The molecule has 1 aromatic carbocycles. The van der Waals surface area contributed by atoms with Gasteiger partial charge >= 0.3 is 0 Å². The molecule has 0 saturated heterocycles. The van der Waals surface area contributed by atoms with Crippen LogP contribution in [0.4, 0.5) is 5.69 Å². The maximum atomic E-state index is 11.6. The van der Waals surface area contributed by atoms with E-state index in [0.717, 1.165) is 0 Å². The Balaban J connectivity index is 2.54. The van der Waals surface area contributed by atoms with Crippen LogP contribution in [0.25, 0.3) is 0 Å². The van der Waals surface area contributed by atoms with Crippen molar-refractivity contribution in [3.8, 4) is 0 Å². The third-order valence-corrected chi connectivity index (χ3v) is 4.17. The van der Waals surface area contributed by atoms with Crippen LogP contribution in [-0.4, -0.2) is 11.5 Å². The Hall–Kier alpha value is -0.510. The van der Waals surface area contributed by atoms with Gasteiger partial charge in [0.05, 0.1) is 15.8 Å². The van der Waals surface area contributed by atoms with E-state index in [1.165, 1.54) is 0 Å². The first-order valence-electron chi connectivity index (χ1n) is 4.92. The molecule has 1 aliphatic rings. The highest BCUT2D eigenvalue weighted by molar-refractivity contribution is 6.70. The van der Waals surface area contributed by atoms with Crippen LogP contribution >= 0.6 is 58.0 Å². The van der Waals surface area contributed by atoms with E-state index in [4.69, 9.17) is 58.0 Å². The summed E-state index contributed by atoms with van der Waals surface area (Å²) in [7, 11) is 0. The summed E-state index contributed by atoms with van der Waals surface area (Å²) in [6.07, 6.45) is 0. The van der Waals surface area contributed by atoms with Crippen LogP contribution in [0.5, 0.6) is 0 Å². The van der Waals surface area contributed by atoms with E-state index in [9.17, 15) is 4.79 Å². The van der Waals surface area contributed by atoms with E-state index in [0.29, 0.717) is 10.7 Å². The normalized spacial score (nSPS) is 16.3. The van der Waals surface area contributed by atoms with Gasteiger partial charge in [-0.1, -0.05) is 58.0 Å². The molecular formula is C12H4Cl5NO. The van der Waals surface area contributed by atoms with Crippen molar-refractivity contribution in [1.29, 1.82) is 0 Å². The second-order valence-electron chi connectivity index (χ2n) is 3.52. The molecule has 2 nitrogen and oxygen atoms in total. The topological polar surface area (TPSA) is 29.4 Å². The van der Waals surface area contributed by atoms with Gasteiger partial charge in [0.1, 0.15) is 15.8 Å². The second-order valence-corrected chi connectivity index (χ2v) is 5.47. The molecule has 0 radical (unpaired) electrons. The van der Waals surface area contributed by atoms with Gasteiger partial charge in [-0.15, -0.1) is 0 Å². The first kappa shape index (κ1) is 14.9. The Labute approximate surface area is 134 Å². The lowest BCUT2D eigenvalue weighted by Gasteiger charge is -2.13. The molecule has 0 aromatic heterocycles. The van der Waals surface area contributed by atoms with Crippen LogP contribution in [0.1, 0.15) is 0 Å². The fourth-order valence-corrected chi connectivity index (χ4v) is 2.38. The summed E-state index contributed by atoms with van der Waals surface area (Å²) in [6, 6.07) is 6.66. The summed E-state index contributed by atoms with van der Waals surface area (Å²) in [5.74, 6) is -0.617. The molecule has 0 amide bonds. The third-order valence-electron chi connectivity index (χ3n) is 2.27. The standard InChI is InChI=1S/C12H4Cl5NO/c13-5-1-3-6(4-2-5)18-11-7(14)9(16)12(19)10(17)8(11)15/h1-4H. The number of aliphatic imine (C=N–C) groups is 1. The van der Waals surface area contributed by atoms with Gasteiger partial charge in [-0.05, 0) is 24.3 Å². The van der Waals surface area contributed by atoms with Gasteiger partial charge < -0.3 is 0 Å². The molecule has 0 fully saturated rings. The Morgan fingerprint density at radius 1 is 0.737 bits per heavy atom. The number of hydrogen-bond acceptors (Lipinski definition) is 2. The number of nitrogens with zero attached hydrogens (tertiary/aromatic N) is 1. The largest absolute Gasteiger partial charge is 0.286 e. The van der Waals surface area contributed by atoms with Crippen molar-refractivity contribution in [2.45, 2.75) is 0 Å². The van der Waals surface area contributed by atoms with Crippen LogP contribution in [-0.2, 0) is 4.79 Å². The Kier molecular flexibility index (Phi) is 4.59. The number of benzene rings is 1. The summed E-state index contributed by atoms with van der Waals surface area (Å²) in [5.41, 5.74) is 0.708. The zero-order valence-corrected chi connectivity index (χ0v) is 12.8. The minimum atomic E-state index is -0.617. The lowest BCUT2D eigenvalue weighted by Crippen LogP contribution is -2.15. The van der Waals surface area contributed by atoms with Crippen LogP contribution in [0, 0.1) is 0 Å². The summed E-state index contributed by atoms with van der Waals surface area (Å²) in [5, 5.41) is 0.0988. The molecule has 19 heavy (non-hydrogen) atoms. The van der Waals surface area contributed by atoms with Crippen molar-refractivity contribution < 1.29 is 4.79 Å². The van der Waals surface area contributed by atoms with Gasteiger partial charge in [0.2, 0.25) is 5.78 Å². The zero-order chi connectivity index (χ0) is 14.2. The fraction of sp³-hybridized carbons (Fsp3) is 0. The number of halogens is 5. The molecule has 1 aliphatic carbocycles. The fourth-order valence-electron chi connectivity index (χ4n) is 1.34. The summed E-state index contributed by atoms with van der Waals surface area (Å²) in [4.78, 5) is 15.8. The van der Waals surface area contributed by atoms with E-state index >= 15 is 0 Å². The maximum absolute atomic E-state index is 11.6.